The minimum atomic E-state index is -0.119. The molecule has 0 bridgehead atoms. The molecule has 3 aromatic rings. The molecule has 26 heavy (non-hydrogen) atoms. The molecule has 1 aliphatic heterocycles. The van der Waals surface area contributed by atoms with Crippen LogP contribution in [0.3, 0.4) is 0 Å². The number of nitrogens with zero attached hydrogens (tertiary/aromatic N) is 2. The summed E-state index contributed by atoms with van der Waals surface area (Å²) in [5.74, 6) is -0.119. The van der Waals surface area contributed by atoms with Crippen molar-refractivity contribution < 1.29 is 4.79 Å². The predicted molar refractivity (Wildman–Crippen MR) is 107 cm³/mol. The number of aryl methyl sites for hydroxylation is 1. The fourth-order valence-corrected chi connectivity index (χ4v) is 3.39. The van der Waals surface area contributed by atoms with Crippen LogP contribution in [-0.2, 0) is 0 Å². The number of benzene rings is 2. The van der Waals surface area contributed by atoms with Gasteiger partial charge >= 0.3 is 0 Å². The summed E-state index contributed by atoms with van der Waals surface area (Å²) in [7, 11) is 2.15. The zero-order valence-corrected chi connectivity index (χ0v) is 15.2. The molecule has 0 atom stereocenters. The molecule has 1 aliphatic rings. The highest BCUT2D eigenvalue weighted by Gasteiger charge is 2.14. The molecule has 0 aliphatic carbocycles. The zero-order valence-electron chi connectivity index (χ0n) is 15.2. The van der Waals surface area contributed by atoms with Crippen molar-refractivity contribution in [2.45, 2.75) is 6.92 Å². The molecular formula is C21H24N4O. The molecule has 5 nitrogen and oxygen atoms in total. The predicted octanol–water partition coefficient (Wildman–Crippen LogP) is 3.48. The first kappa shape index (κ1) is 16.7. The van der Waals surface area contributed by atoms with Gasteiger partial charge in [-0.2, -0.15) is 0 Å². The minimum Gasteiger partial charge on any atom is -0.369 e. The van der Waals surface area contributed by atoms with E-state index >= 15 is 0 Å². The van der Waals surface area contributed by atoms with E-state index in [1.54, 1.807) is 0 Å². The Hall–Kier alpha value is -2.79. The van der Waals surface area contributed by atoms with Crippen LogP contribution in [0, 0.1) is 6.92 Å². The largest absolute Gasteiger partial charge is 0.369 e. The van der Waals surface area contributed by atoms with E-state index in [2.05, 4.69) is 45.3 Å². The minimum absolute atomic E-state index is 0.119. The third-order valence-corrected chi connectivity index (χ3v) is 5.01. The lowest BCUT2D eigenvalue weighted by molar-refractivity contribution is 0.102. The van der Waals surface area contributed by atoms with Crippen LogP contribution in [0.25, 0.3) is 10.9 Å². The number of anilines is 2. The lowest BCUT2D eigenvalue weighted by Gasteiger charge is -2.34. The number of nitrogens with one attached hydrogen (secondary N) is 2. The molecule has 1 saturated heterocycles. The number of H-pyrrole nitrogens is 1. The van der Waals surface area contributed by atoms with Gasteiger partial charge in [0.25, 0.3) is 5.91 Å². The summed E-state index contributed by atoms with van der Waals surface area (Å²) in [4.78, 5) is 20.4. The molecule has 4 rings (SSSR count). The van der Waals surface area contributed by atoms with Crippen molar-refractivity contribution in [1.82, 2.24) is 9.88 Å². The number of rotatable bonds is 3. The lowest BCUT2D eigenvalue weighted by atomic mass is 10.2. The van der Waals surface area contributed by atoms with Gasteiger partial charge in [-0.05, 0) is 56.4 Å². The molecule has 0 unspecified atom stereocenters. The molecule has 2 aromatic carbocycles. The number of fused-ring (bicyclic) bond motifs is 1. The summed E-state index contributed by atoms with van der Waals surface area (Å²) in [6.07, 6.45) is 0. The number of piperazine rings is 1. The van der Waals surface area contributed by atoms with E-state index in [0.29, 0.717) is 5.69 Å². The van der Waals surface area contributed by atoms with E-state index < -0.39 is 0 Å². The SMILES string of the molecule is Cc1ccc2[nH]c(C(=O)Nc3ccc(N4CCN(C)CC4)cc3)cc2c1. The molecule has 1 amide bonds. The number of aromatic amines is 1. The van der Waals surface area contributed by atoms with Crippen molar-refractivity contribution in [3.63, 3.8) is 0 Å². The summed E-state index contributed by atoms with van der Waals surface area (Å²) < 4.78 is 0. The first-order valence-corrected chi connectivity index (χ1v) is 9.03. The zero-order chi connectivity index (χ0) is 18.1. The average molecular weight is 348 g/mol. The molecule has 2 heterocycles. The quantitative estimate of drug-likeness (QED) is 0.762. The Morgan fingerprint density at radius 2 is 1.73 bits per heavy atom. The number of aromatic nitrogens is 1. The van der Waals surface area contributed by atoms with Gasteiger partial charge in [0.1, 0.15) is 5.69 Å². The van der Waals surface area contributed by atoms with Crippen molar-refractivity contribution in [2.24, 2.45) is 0 Å². The highest BCUT2D eigenvalue weighted by Crippen LogP contribution is 2.21. The summed E-state index contributed by atoms with van der Waals surface area (Å²) in [6, 6.07) is 16.1. The lowest BCUT2D eigenvalue weighted by Crippen LogP contribution is -2.44. The van der Waals surface area contributed by atoms with Gasteiger partial charge in [0.2, 0.25) is 0 Å². The van der Waals surface area contributed by atoms with Crippen molar-refractivity contribution in [3.05, 3.63) is 59.8 Å². The van der Waals surface area contributed by atoms with E-state index in [0.717, 1.165) is 42.8 Å². The second kappa shape index (κ2) is 6.84. The van der Waals surface area contributed by atoms with Crippen LogP contribution in [0.1, 0.15) is 16.1 Å². The van der Waals surface area contributed by atoms with Gasteiger partial charge in [0.05, 0.1) is 0 Å². The number of carbonyl (C=O) groups excluding carboxylic acids is 1. The van der Waals surface area contributed by atoms with E-state index in [1.165, 1.54) is 11.3 Å². The molecule has 0 saturated carbocycles. The van der Waals surface area contributed by atoms with Crippen molar-refractivity contribution in [1.29, 1.82) is 0 Å². The fourth-order valence-electron chi connectivity index (χ4n) is 3.39. The highest BCUT2D eigenvalue weighted by atomic mass is 16.1. The molecule has 1 fully saturated rings. The van der Waals surface area contributed by atoms with Gasteiger partial charge in [-0.3, -0.25) is 4.79 Å². The van der Waals surface area contributed by atoms with Crippen molar-refractivity contribution in [3.8, 4) is 0 Å². The molecule has 2 N–H and O–H groups in total. The molecule has 5 heteroatoms. The second-order valence-electron chi connectivity index (χ2n) is 7.07. The van der Waals surface area contributed by atoms with Crippen molar-refractivity contribution in [2.75, 3.05) is 43.4 Å². The number of carbonyl (C=O) groups is 1. The first-order valence-electron chi connectivity index (χ1n) is 9.03. The smallest absolute Gasteiger partial charge is 0.272 e. The van der Waals surface area contributed by atoms with Crippen LogP contribution in [0.2, 0.25) is 0 Å². The number of amides is 1. The van der Waals surface area contributed by atoms with Crippen LogP contribution < -0.4 is 10.2 Å². The van der Waals surface area contributed by atoms with Crippen LogP contribution in [0.15, 0.2) is 48.5 Å². The van der Waals surface area contributed by atoms with Crippen molar-refractivity contribution >= 4 is 28.2 Å². The van der Waals surface area contributed by atoms with Gasteiger partial charge in [-0.15, -0.1) is 0 Å². The molecule has 0 spiro atoms. The summed E-state index contributed by atoms with van der Waals surface area (Å²) in [6.45, 7) is 6.29. The maximum absolute atomic E-state index is 12.5. The third-order valence-electron chi connectivity index (χ3n) is 5.01. The molecule has 1 aromatic heterocycles. The standard InChI is InChI=1S/C21H24N4O/c1-15-3-8-19-16(13-15)14-20(23-19)21(26)22-17-4-6-18(7-5-17)25-11-9-24(2)10-12-25/h3-8,13-14,23H,9-12H2,1-2H3,(H,22,26). The number of hydrogen-bond acceptors (Lipinski definition) is 3. The normalized spacial score (nSPS) is 15.4. The molecular weight excluding hydrogens is 324 g/mol. The maximum atomic E-state index is 12.5. The number of hydrogen-bond donors (Lipinski definition) is 2. The van der Waals surface area contributed by atoms with E-state index in [1.807, 2.05) is 37.3 Å². The van der Waals surface area contributed by atoms with Crippen LogP contribution >= 0.6 is 0 Å². The van der Waals surface area contributed by atoms with Crippen LogP contribution in [0.5, 0.6) is 0 Å². The Kier molecular flexibility index (Phi) is 4.39. The van der Waals surface area contributed by atoms with Gasteiger partial charge < -0.3 is 20.1 Å². The summed E-state index contributed by atoms with van der Waals surface area (Å²) in [5, 5.41) is 4.03. The van der Waals surface area contributed by atoms with E-state index in [-0.39, 0.29) is 5.91 Å². The second-order valence-corrected chi connectivity index (χ2v) is 7.07. The number of likely N-dealkylation sites (N-methyl/N-ethyl adjacent to an activating group) is 1. The average Bonchev–Trinajstić information content (AvgIpc) is 3.06. The monoisotopic (exact) mass is 348 g/mol. The summed E-state index contributed by atoms with van der Waals surface area (Å²) >= 11 is 0. The molecule has 134 valence electrons. The van der Waals surface area contributed by atoms with Crippen LogP contribution in [0.4, 0.5) is 11.4 Å². The van der Waals surface area contributed by atoms with Gasteiger partial charge in [0.15, 0.2) is 0 Å². The Morgan fingerprint density at radius 1 is 1.00 bits per heavy atom. The fraction of sp³-hybridized carbons (Fsp3) is 0.286. The van der Waals surface area contributed by atoms with Gasteiger partial charge in [-0.1, -0.05) is 11.6 Å². The Labute approximate surface area is 153 Å². The Balaban J connectivity index is 1.45. The van der Waals surface area contributed by atoms with Gasteiger partial charge in [-0.25, -0.2) is 0 Å². The Morgan fingerprint density at radius 3 is 2.46 bits per heavy atom. The molecule has 0 radical (unpaired) electrons. The Bertz CT molecular complexity index is 921. The van der Waals surface area contributed by atoms with E-state index in [4.69, 9.17) is 0 Å². The highest BCUT2D eigenvalue weighted by molar-refractivity contribution is 6.06. The topological polar surface area (TPSA) is 51.4 Å². The summed E-state index contributed by atoms with van der Waals surface area (Å²) in [5.41, 5.74) is 4.75. The third kappa shape index (κ3) is 3.44. The first-order chi connectivity index (χ1) is 12.6. The van der Waals surface area contributed by atoms with E-state index in [9.17, 15) is 4.79 Å². The van der Waals surface area contributed by atoms with Gasteiger partial charge in [0, 0.05) is 48.5 Å². The van der Waals surface area contributed by atoms with Crippen LogP contribution in [-0.4, -0.2) is 49.0 Å². The maximum Gasteiger partial charge on any atom is 0.272 e.